The van der Waals surface area contributed by atoms with Gasteiger partial charge in [0.05, 0.1) is 0 Å². The molecule has 0 aliphatic rings. The molecule has 0 rings (SSSR count). The van der Waals surface area contributed by atoms with Gasteiger partial charge in [0, 0.05) is 11.9 Å². The highest BCUT2D eigenvalue weighted by Gasteiger charge is 2.13. The highest BCUT2D eigenvalue weighted by atomic mass is 35.5. The van der Waals surface area contributed by atoms with Crippen LogP contribution in [-0.4, -0.2) is 18.5 Å². The zero-order valence-corrected chi connectivity index (χ0v) is 11.6. The summed E-state index contributed by atoms with van der Waals surface area (Å²) in [4.78, 5) is 0. The van der Waals surface area contributed by atoms with Crippen molar-refractivity contribution in [3.8, 4) is 0 Å². The van der Waals surface area contributed by atoms with E-state index in [1.807, 2.05) is 0 Å². The minimum Gasteiger partial charge on any atom is -0.312 e. The molecule has 0 aromatic heterocycles. The van der Waals surface area contributed by atoms with Crippen LogP contribution in [0.15, 0.2) is 0 Å². The van der Waals surface area contributed by atoms with Crippen LogP contribution in [0.25, 0.3) is 0 Å². The van der Waals surface area contributed by atoms with Crippen molar-refractivity contribution in [3.05, 3.63) is 0 Å². The van der Waals surface area contributed by atoms with E-state index >= 15 is 0 Å². The van der Waals surface area contributed by atoms with E-state index in [9.17, 15) is 0 Å². The third kappa shape index (κ3) is 7.19. The molecule has 1 N–H and O–H groups in total. The van der Waals surface area contributed by atoms with Gasteiger partial charge >= 0.3 is 0 Å². The maximum atomic E-state index is 5.93. The lowest BCUT2D eigenvalue weighted by Crippen LogP contribution is -2.38. The third-order valence-corrected chi connectivity index (χ3v) is 3.52. The predicted molar refractivity (Wildman–Crippen MR) is 70.7 cm³/mol. The maximum Gasteiger partial charge on any atom is 0.0379 e. The summed E-state index contributed by atoms with van der Waals surface area (Å²) < 4.78 is 0. The summed E-state index contributed by atoms with van der Waals surface area (Å²) in [5.74, 6) is 2.18. The van der Waals surface area contributed by atoms with Gasteiger partial charge in [-0.15, -0.1) is 11.6 Å². The quantitative estimate of drug-likeness (QED) is 0.593. The zero-order valence-electron chi connectivity index (χ0n) is 10.9. The molecule has 0 saturated carbocycles. The molecule has 2 heteroatoms. The molecular weight excluding hydrogens is 206 g/mol. The largest absolute Gasteiger partial charge is 0.312 e. The molecule has 0 radical (unpaired) electrons. The van der Waals surface area contributed by atoms with Gasteiger partial charge in [0.1, 0.15) is 0 Å². The average molecular weight is 234 g/mol. The maximum absolute atomic E-state index is 5.93. The molecule has 0 fully saturated rings. The number of halogens is 1. The van der Waals surface area contributed by atoms with Crippen molar-refractivity contribution >= 4 is 11.6 Å². The molecule has 0 aromatic rings. The molecule has 0 amide bonds. The van der Waals surface area contributed by atoms with Crippen molar-refractivity contribution in [1.29, 1.82) is 0 Å². The normalized spacial score (nSPS) is 15.6. The summed E-state index contributed by atoms with van der Waals surface area (Å²) in [7, 11) is 0. The summed E-state index contributed by atoms with van der Waals surface area (Å²) in [5.41, 5.74) is 0. The molecule has 92 valence electrons. The SMILES string of the molecule is CCCCC(CC)CNC(CCl)C(C)C. The van der Waals surface area contributed by atoms with Crippen LogP contribution < -0.4 is 5.32 Å². The molecule has 0 aliphatic carbocycles. The Hall–Kier alpha value is 0.250. The fourth-order valence-corrected chi connectivity index (χ4v) is 2.20. The molecule has 1 nitrogen and oxygen atoms in total. The van der Waals surface area contributed by atoms with E-state index in [0.29, 0.717) is 12.0 Å². The second-order valence-electron chi connectivity index (χ2n) is 4.83. The number of unbranched alkanes of at least 4 members (excludes halogenated alkanes) is 1. The summed E-state index contributed by atoms with van der Waals surface area (Å²) in [5, 5.41) is 3.60. The van der Waals surface area contributed by atoms with E-state index in [1.54, 1.807) is 0 Å². The Kier molecular flexibility index (Phi) is 9.63. The standard InChI is InChI=1S/C13H28ClN/c1-5-7-8-12(6-2)10-15-13(9-14)11(3)4/h11-13,15H,5-10H2,1-4H3. The van der Waals surface area contributed by atoms with Crippen LogP contribution in [0, 0.1) is 11.8 Å². The predicted octanol–water partition coefficient (Wildman–Crippen LogP) is 4.06. The van der Waals surface area contributed by atoms with Crippen molar-refractivity contribution in [2.45, 2.75) is 59.4 Å². The number of nitrogens with one attached hydrogen (secondary N) is 1. The Balaban J connectivity index is 3.76. The summed E-state index contributed by atoms with van der Waals surface area (Å²) in [6.07, 6.45) is 5.29. The minimum absolute atomic E-state index is 0.474. The molecule has 0 heterocycles. The van der Waals surface area contributed by atoms with E-state index in [-0.39, 0.29) is 0 Å². The second-order valence-corrected chi connectivity index (χ2v) is 5.14. The highest BCUT2D eigenvalue weighted by Crippen LogP contribution is 2.12. The van der Waals surface area contributed by atoms with Crippen molar-refractivity contribution < 1.29 is 0 Å². The van der Waals surface area contributed by atoms with Gasteiger partial charge in [0.2, 0.25) is 0 Å². The first-order valence-corrected chi connectivity index (χ1v) is 6.98. The van der Waals surface area contributed by atoms with Crippen LogP contribution in [0.4, 0.5) is 0 Å². The summed E-state index contributed by atoms with van der Waals surface area (Å²) >= 11 is 5.93. The Morgan fingerprint density at radius 2 is 1.87 bits per heavy atom. The van der Waals surface area contributed by atoms with Gasteiger partial charge in [-0.3, -0.25) is 0 Å². The molecular formula is C13H28ClN. The number of rotatable bonds is 9. The number of hydrogen-bond donors (Lipinski definition) is 1. The first-order valence-electron chi connectivity index (χ1n) is 6.44. The first-order chi connectivity index (χ1) is 7.15. The van der Waals surface area contributed by atoms with Crippen LogP contribution in [0.3, 0.4) is 0 Å². The van der Waals surface area contributed by atoms with Crippen LogP contribution in [0.2, 0.25) is 0 Å². The molecule has 0 aliphatic heterocycles. The van der Waals surface area contributed by atoms with Crippen LogP contribution in [0.1, 0.15) is 53.4 Å². The van der Waals surface area contributed by atoms with Gasteiger partial charge in [0.15, 0.2) is 0 Å². The fraction of sp³-hybridized carbons (Fsp3) is 1.00. The second kappa shape index (κ2) is 9.47. The molecule has 0 bridgehead atoms. The lowest BCUT2D eigenvalue weighted by Gasteiger charge is -2.23. The third-order valence-electron chi connectivity index (χ3n) is 3.18. The average Bonchev–Trinajstić information content (AvgIpc) is 2.23. The highest BCUT2D eigenvalue weighted by molar-refractivity contribution is 6.18. The van der Waals surface area contributed by atoms with Crippen molar-refractivity contribution in [2.24, 2.45) is 11.8 Å². The van der Waals surface area contributed by atoms with Crippen LogP contribution in [0.5, 0.6) is 0 Å². The van der Waals surface area contributed by atoms with Crippen molar-refractivity contribution in [1.82, 2.24) is 5.32 Å². The molecule has 0 spiro atoms. The Morgan fingerprint density at radius 3 is 2.27 bits per heavy atom. The molecule has 0 aromatic carbocycles. The Bertz CT molecular complexity index is 136. The zero-order chi connectivity index (χ0) is 11.7. The number of alkyl halides is 1. The molecule has 2 atom stereocenters. The molecule has 15 heavy (non-hydrogen) atoms. The van der Waals surface area contributed by atoms with Gasteiger partial charge in [0.25, 0.3) is 0 Å². The summed E-state index contributed by atoms with van der Waals surface area (Å²) in [6, 6.07) is 0.474. The van der Waals surface area contributed by atoms with Crippen LogP contribution >= 0.6 is 11.6 Å². The lowest BCUT2D eigenvalue weighted by molar-refractivity contribution is 0.359. The van der Waals surface area contributed by atoms with E-state index in [0.717, 1.165) is 18.3 Å². The van der Waals surface area contributed by atoms with Gasteiger partial charge in [-0.25, -0.2) is 0 Å². The smallest absolute Gasteiger partial charge is 0.0379 e. The van der Waals surface area contributed by atoms with Gasteiger partial charge in [-0.1, -0.05) is 47.0 Å². The van der Waals surface area contributed by atoms with E-state index in [2.05, 4.69) is 33.0 Å². The van der Waals surface area contributed by atoms with Gasteiger partial charge in [-0.05, 0) is 24.8 Å². The molecule has 0 saturated heterocycles. The monoisotopic (exact) mass is 233 g/mol. The van der Waals surface area contributed by atoms with Gasteiger partial charge in [-0.2, -0.15) is 0 Å². The van der Waals surface area contributed by atoms with Gasteiger partial charge < -0.3 is 5.32 Å². The first kappa shape index (κ1) is 15.2. The Labute approximate surface area is 101 Å². The summed E-state index contributed by atoms with van der Waals surface area (Å²) in [6.45, 7) is 10.1. The van der Waals surface area contributed by atoms with E-state index in [1.165, 1.54) is 25.7 Å². The van der Waals surface area contributed by atoms with Crippen LogP contribution in [-0.2, 0) is 0 Å². The minimum atomic E-state index is 0.474. The van der Waals surface area contributed by atoms with Crippen molar-refractivity contribution in [3.63, 3.8) is 0 Å². The fourth-order valence-electron chi connectivity index (χ4n) is 1.73. The molecule has 2 unspecified atom stereocenters. The van der Waals surface area contributed by atoms with Crippen molar-refractivity contribution in [2.75, 3.05) is 12.4 Å². The van der Waals surface area contributed by atoms with E-state index in [4.69, 9.17) is 11.6 Å². The van der Waals surface area contributed by atoms with E-state index < -0.39 is 0 Å². The number of hydrogen-bond acceptors (Lipinski definition) is 1. The topological polar surface area (TPSA) is 12.0 Å². The lowest BCUT2D eigenvalue weighted by atomic mass is 9.98. The Morgan fingerprint density at radius 1 is 1.20 bits per heavy atom.